The molecule has 28 heavy (non-hydrogen) atoms. The Balaban J connectivity index is 2.11. The van der Waals surface area contributed by atoms with Crippen molar-refractivity contribution in [1.82, 2.24) is 15.1 Å². The van der Waals surface area contributed by atoms with Crippen molar-refractivity contribution in [2.75, 3.05) is 11.9 Å². The minimum atomic E-state index is -0.195. The predicted octanol–water partition coefficient (Wildman–Crippen LogP) is 4.11. The Morgan fingerprint density at radius 3 is 2.32 bits per heavy atom. The van der Waals surface area contributed by atoms with Crippen LogP contribution in [0.2, 0.25) is 0 Å². The quantitative estimate of drug-likeness (QED) is 0.673. The highest BCUT2D eigenvalue weighted by molar-refractivity contribution is 5.92. The van der Waals surface area contributed by atoms with E-state index in [9.17, 15) is 9.59 Å². The Labute approximate surface area is 167 Å². The third-order valence-corrected chi connectivity index (χ3v) is 4.46. The zero-order chi connectivity index (χ0) is 20.7. The molecule has 0 spiro atoms. The summed E-state index contributed by atoms with van der Waals surface area (Å²) in [4.78, 5) is 24.2. The van der Waals surface area contributed by atoms with Gasteiger partial charge in [0.25, 0.3) is 0 Å². The average molecular weight is 385 g/mol. The zero-order valence-corrected chi connectivity index (χ0v) is 17.6. The van der Waals surface area contributed by atoms with Gasteiger partial charge in [0.05, 0.1) is 11.4 Å². The number of aromatic nitrogens is 2. The van der Waals surface area contributed by atoms with Crippen molar-refractivity contribution in [1.29, 1.82) is 0 Å². The number of nitrogens with zero attached hydrogens (tertiary/aromatic N) is 2. The first-order chi connectivity index (χ1) is 13.2. The Morgan fingerprint density at radius 2 is 1.71 bits per heavy atom. The van der Waals surface area contributed by atoms with Crippen LogP contribution in [0.1, 0.15) is 64.6 Å². The summed E-state index contributed by atoms with van der Waals surface area (Å²) in [5.74, 6) is 0.329. The number of anilines is 1. The molecule has 0 saturated heterocycles. The normalized spacial score (nSPS) is 11.3. The summed E-state index contributed by atoms with van der Waals surface area (Å²) in [7, 11) is 0. The lowest BCUT2D eigenvalue weighted by molar-refractivity contribution is -0.124. The number of aryl methyl sites for hydroxylation is 1. The number of carbonyl (C=O) groups excluding carboxylic acids is 2. The summed E-state index contributed by atoms with van der Waals surface area (Å²) in [6.07, 6.45) is 2.30. The lowest BCUT2D eigenvalue weighted by Crippen LogP contribution is -2.25. The first-order valence-electron chi connectivity index (χ1n) is 9.95. The van der Waals surface area contributed by atoms with Crippen molar-refractivity contribution in [3.05, 3.63) is 41.6 Å². The lowest BCUT2D eigenvalue weighted by Gasteiger charge is -2.14. The summed E-state index contributed by atoms with van der Waals surface area (Å²) in [6, 6.07) is 9.89. The van der Waals surface area contributed by atoms with E-state index >= 15 is 0 Å². The van der Waals surface area contributed by atoms with E-state index in [1.807, 2.05) is 37.3 Å². The van der Waals surface area contributed by atoms with Crippen molar-refractivity contribution < 1.29 is 9.59 Å². The molecule has 6 heteroatoms. The van der Waals surface area contributed by atoms with Crippen LogP contribution < -0.4 is 10.6 Å². The van der Waals surface area contributed by atoms with Crippen LogP contribution in [0.5, 0.6) is 0 Å². The number of benzene rings is 1. The SMILES string of the molecule is CCCCNC(=O)CCC(=O)Nc1cc(C(C)(C)C)nn1-c1ccc(C)cc1. The molecular weight excluding hydrogens is 352 g/mol. The molecule has 6 nitrogen and oxygen atoms in total. The Kier molecular flexibility index (Phi) is 7.38. The van der Waals surface area contributed by atoms with Crippen LogP contribution >= 0.6 is 0 Å². The van der Waals surface area contributed by atoms with Gasteiger partial charge in [-0.1, -0.05) is 51.8 Å². The third-order valence-electron chi connectivity index (χ3n) is 4.46. The van der Waals surface area contributed by atoms with Gasteiger partial charge in [0.1, 0.15) is 5.82 Å². The fourth-order valence-electron chi connectivity index (χ4n) is 2.64. The molecule has 2 aromatic rings. The second-order valence-corrected chi connectivity index (χ2v) is 8.16. The van der Waals surface area contributed by atoms with Crippen molar-refractivity contribution >= 4 is 17.6 Å². The van der Waals surface area contributed by atoms with E-state index in [1.54, 1.807) is 4.68 Å². The van der Waals surface area contributed by atoms with E-state index in [1.165, 1.54) is 0 Å². The molecule has 0 aliphatic heterocycles. The third kappa shape index (κ3) is 6.22. The van der Waals surface area contributed by atoms with Gasteiger partial charge < -0.3 is 10.6 Å². The Morgan fingerprint density at radius 1 is 1.07 bits per heavy atom. The molecular formula is C22H32N4O2. The van der Waals surface area contributed by atoms with Gasteiger partial charge in [-0.2, -0.15) is 5.10 Å². The number of carbonyl (C=O) groups is 2. The minimum absolute atomic E-state index is 0.0916. The summed E-state index contributed by atoms with van der Waals surface area (Å²) in [6.45, 7) is 11.0. The molecule has 2 amide bonds. The van der Waals surface area contributed by atoms with Crippen LogP contribution in [0.4, 0.5) is 5.82 Å². The maximum atomic E-state index is 12.4. The fraction of sp³-hybridized carbons (Fsp3) is 0.500. The number of unbranched alkanes of at least 4 members (excludes halogenated alkanes) is 1. The molecule has 0 fully saturated rings. The molecule has 0 bridgehead atoms. The van der Waals surface area contributed by atoms with Crippen LogP contribution in [-0.2, 0) is 15.0 Å². The number of hydrogen-bond donors (Lipinski definition) is 2. The standard InChI is InChI=1S/C22H32N4O2/c1-6-7-14-23-20(27)12-13-21(28)24-19-15-18(22(3,4)5)25-26(19)17-10-8-16(2)9-11-17/h8-11,15H,6-7,12-14H2,1-5H3,(H,23,27)(H,24,28). The molecule has 1 aromatic carbocycles. The van der Waals surface area contributed by atoms with Crippen LogP contribution in [0, 0.1) is 6.92 Å². The van der Waals surface area contributed by atoms with Gasteiger partial charge in [-0.05, 0) is 25.5 Å². The van der Waals surface area contributed by atoms with E-state index in [0.29, 0.717) is 12.4 Å². The average Bonchev–Trinajstić information content (AvgIpc) is 3.05. The highest BCUT2D eigenvalue weighted by atomic mass is 16.2. The van der Waals surface area contributed by atoms with Gasteiger partial charge in [0, 0.05) is 30.9 Å². The van der Waals surface area contributed by atoms with E-state index < -0.39 is 0 Å². The molecule has 2 N–H and O–H groups in total. The molecule has 2 rings (SSSR count). The molecule has 0 unspecified atom stereocenters. The second kappa shape index (κ2) is 9.53. The topological polar surface area (TPSA) is 76.0 Å². The maximum absolute atomic E-state index is 12.4. The van der Waals surface area contributed by atoms with Gasteiger partial charge in [-0.3, -0.25) is 9.59 Å². The monoisotopic (exact) mass is 384 g/mol. The number of nitrogens with one attached hydrogen (secondary N) is 2. The second-order valence-electron chi connectivity index (χ2n) is 8.16. The van der Waals surface area contributed by atoms with E-state index in [4.69, 9.17) is 5.10 Å². The number of hydrogen-bond acceptors (Lipinski definition) is 3. The fourth-order valence-corrected chi connectivity index (χ4v) is 2.64. The minimum Gasteiger partial charge on any atom is -0.356 e. The van der Waals surface area contributed by atoms with Crippen LogP contribution in [0.25, 0.3) is 5.69 Å². The number of amides is 2. The molecule has 1 heterocycles. The van der Waals surface area contributed by atoms with E-state index in [-0.39, 0.29) is 30.1 Å². The van der Waals surface area contributed by atoms with Crippen LogP contribution in [0.15, 0.2) is 30.3 Å². The first-order valence-corrected chi connectivity index (χ1v) is 9.95. The molecule has 0 saturated carbocycles. The Bertz CT molecular complexity index is 801. The van der Waals surface area contributed by atoms with Gasteiger partial charge in [-0.25, -0.2) is 4.68 Å². The van der Waals surface area contributed by atoms with Gasteiger partial charge >= 0.3 is 0 Å². The molecule has 0 aliphatic carbocycles. The summed E-state index contributed by atoms with van der Waals surface area (Å²) < 4.78 is 1.75. The van der Waals surface area contributed by atoms with Crippen molar-refractivity contribution in [2.45, 2.75) is 65.7 Å². The summed E-state index contributed by atoms with van der Waals surface area (Å²) >= 11 is 0. The predicted molar refractivity (Wildman–Crippen MR) is 113 cm³/mol. The molecule has 0 aliphatic rings. The molecule has 0 radical (unpaired) electrons. The zero-order valence-electron chi connectivity index (χ0n) is 17.6. The smallest absolute Gasteiger partial charge is 0.226 e. The van der Waals surface area contributed by atoms with Gasteiger partial charge in [0.15, 0.2) is 0 Å². The van der Waals surface area contributed by atoms with E-state index in [2.05, 4.69) is 38.3 Å². The summed E-state index contributed by atoms with van der Waals surface area (Å²) in [5.41, 5.74) is 2.79. The molecule has 1 aromatic heterocycles. The van der Waals surface area contributed by atoms with Gasteiger partial charge in [0.2, 0.25) is 11.8 Å². The van der Waals surface area contributed by atoms with Crippen LogP contribution in [0.3, 0.4) is 0 Å². The first kappa shape index (κ1) is 21.7. The van der Waals surface area contributed by atoms with E-state index in [0.717, 1.165) is 29.8 Å². The van der Waals surface area contributed by atoms with Crippen molar-refractivity contribution in [3.63, 3.8) is 0 Å². The van der Waals surface area contributed by atoms with Gasteiger partial charge in [-0.15, -0.1) is 0 Å². The highest BCUT2D eigenvalue weighted by Crippen LogP contribution is 2.26. The largest absolute Gasteiger partial charge is 0.356 e. The molecule has 0 atom stereocenters. The maximum Gasteiger partial charge on any atom is 0.226 e. The molecule has 152 valence electrons. The lowest BCUT2D eigenvalue weighted by atomic mass is 9.92. The van der Waals surface area contributed by atoms with Crippen molar-refractivity contribution in [2.24, 2.45) is 0 Å². The van der Waals surface area contributed by atoms with Crippen molar-refractivity contribution in [3.8, 4) is 5.69 Å². The number of rotatable bonds is 8. The Hall–Kier alpha value is -2.63. The van der Waals surface area contributed by atoms with Crippen LogP contribution in [-0.4, -0.2) is 28.1 Å². The summed E-state index contributed by atoms with van der Waals surface area (Å²) in [5, 5.41) is 10.5. The highest BCUT2D eigenvalue weighted by Gasteiger charge is 2.21.